The Morgan fingerprint density at radius 2 is 1.81 bits per heavy atom. The van der Waals surface area contributed by atoms with E-state index >= 15 is 0 Å². The molecular weight excluding hydrogens is 353 g/mol. The molecule has 0 aliphatic carbocycles. The van der Waals surface area contributed by atoms with Crippen LogP contribution < -0.4 is 5.32 Å². The summed E-state index contributed by atoms with van der Waals surface area (Å²) in [6, 6.07) is 11.8. The fourth-order valence-electron chi connectivity index (χ4n) is 2.06. The van der Waals surface area contributed by atoms with Crippen LogP contribution in [0.3, 0.4) is 0 Å². The van der Waals surface area contributed by atoms with Gasteiger partial charge in [-0.05, 0) is 55.0 Å². The van der Waals surface area contributed by atoms with Crippen molar-refractivity contribution in [1.29, 1.82) is 0 Å². The molecule has 0 fully saturated rings. The highest BCUT2D eigenvalue weighted by molar-refractivity contribution is 5.95. The molecule has 27 heavy (non-hydrogen) atoms. The first-order valence-electron chi connectivity index (χ1n) is 8.15. The third kappa shape index (κ3) is 6.74. The van der Waals surface area contributed by atoms with Crippen LogP contribution in [0, 0.1) is 5.82 Å². The summed E-state index contributed by atoms with van der Waals surface area (Å²) in [4.78, 5) is 35.0. The largest absolute Gasteiger partial charge is 0.462 e. The summed E-state index contributed by atoms with van der Waals surface area (Å²) >= 11 is 0. The third-order valence-electron chi connectivity index (χ3n) is 3.29. The molecule has 2 rings (SSSR count). The summed E-state index contributed by atoms with van der Waals surface area (Å²) in [5.41, 5.74) is 1.31. The number of ether oxygens (including phenoxy) is 2. The SMILES string of the molecule is CCOC(=O)c1ccc(NC(=O)COC(=O)/C=C/c2cccc(F)c2)cc1. The van der Waals surface area contributed by atoms with Gasteiger partial charge in [0, 0.05) is 11.8 Å². The Balaban J connectivity index is 1.80. The molecule has 0 heterocycles. The minimum atomic E-state index is -0.730. The zero-order valence-electron chi connectivity index (χ0n) is 14.6. The van der Waals surface area contributed by atoms with E-state index in [1.54, 1.807) is 13.0 Å². The standard InChI is InChI=1S/C20H18FNO5/c1-2-26-20(25)15-7-9-17(10-8-15)22-18(23)13-27-19(24)11-6-14-4-3-5-16(21)12-14/h3-12H,2,13H2,1H3,(H,22,23)/b11-6+. The van der Waals surface area contributed by atoms with Crippen LogP contribution in [0.1, 0.15) is 22.8 Å². The van der Waals surface area contributed by atoms with E-state index in [-0.39, 0.29) is 6.61 Å². The predicted molar refractivity (Wildman–Crippen MR) is 97.4 cm³/mol. The summed E-state index contributed by atoms with van der Waals surface area (Å²) in [5, 5.41) is 2.53. The van der Waals surface area contributed by atoms with E-state index in [9.17, 15) is 18.8 Å². The van der Waals surface area contributed by atoms with E-state index in [2.05, 4.69) is 5.32 Å². The van der Waals surface area contributed by atoms with Crippen LogP contribution in [0.2, 0.25) is 0 Å². The highest BCUT2D eigenvalue weighted by atomic mass is 19.1. The number of hydrogen-bond donors (Lipinski definition) is 1. The number of nitrogens with one attached hydrogen (secondary N) is 1. The van der Waals surface area contributed by atoms with Crippen LogP contribution in [0.4, 0.5) is 10.1 Å². The lowest BCUT2D eigenvalue weighted by Gasteiger charge is -2.06. The van der Waals surface area contributed by atoms with E-state index in [0.717, 1.165) is 6.08 Å². The fourth-order valence-corrected chi connectivity index (χ4v) is 2.06. The molecule has 2 aromatic rings. The zero-order chi connectivity index (χ0) is 19.6. The Kier molecular flexibility index (Phi) is 7.25. The Bertz CT molecular complexity index is 846. The van der Waals surface area contributed by atoms with Crippen molar-refractivity contribution in [1.82, 2.24) is 0 Å². The number of esters is 2. The van der Waals surface area contributed by atoms with Crippen LogP contribution in [-0.4, -0.2) is 31.1 Å². The monoisotopic (exact) mass is 371 g/mol. The van der Waals surface area contributed by atoms with Gasteiger partial charge in [-0.2, -0.15) is 0 Å². The lowest BCUT2D eigenvalue weighted by molar-refractivity contribution is -0.142. The number of amides is 1. The van der Waals surface area contributed by atoms with Gasteiger partial charge >= 0.3 is 11.9 Å². The van der Waals surface area contributed by atoms with Crippen molar-refractivity contribution in [2.45, 2.75) is 6.92 Å². The van der Waals surface area contributed by atoms with Gasteiger partial charge in [-0.25, -0.2) is 14.0 Å². The fraction of sp³-hybridized carbons (Fsp3) is 0.150. The first-order chi connectivity index (χ1) is 13.0. The Morgan fingerprint density at radius 3 is 2.48 bits per heavy atom. The van der Waals surface area contributed by atoms with Gasteiger partial charge in [0.25, 0.3) is 5.91 Å². The van der Waals surface area contributed by atoms with Crippen molar-refractivity contribution < 1.29 is 28.2 Å². The summed E-state index contributed by atoms with van der Waals surface area (Å²) in [5.74, 6) is -2.13. The Hall–Kier alpha value is -3.48. The Morgan fingerprint density at radius 1 is 1.07 bits per heavy atom. The molecule has 0 saturated carbocycles. The predicted octanol–water partition coefficient (Wildman–Crippen LogP) is 3.20. The molecule has 2 aromatic carbocycles. The first kappa shape index (κ1) is 19.8. The van der Waals surface area contributed by atoms with Crippen molar-refractivity contribution in [3.05, 3.63) is 71.6 Å². The van der Waals surface area contributed by atoms with E-state index in [0.29, 0.717) is 16.8 Å². The molecule has 0 bridgehead atoms. The van der Waals surface area contributed by atoms with Crippen molar-refractivity contribution >= 4 is 29.6 Å². The molecule has 0 radical (unpaired) electrons. The highest BCUT2D eigenvalue weighted by Crippen LogP contribution is 2.11. The maximum absolute atomic E-state index is 13.0. The molecule has 0 atom stereocenters. The van der Waals surface area contributed by atoms with Gasteiger partial charge in [-0.15, -0.1) is 0 Å². The normalized spacial score (nSPS) is 10.4. The van der Waals surface area contributed by atoms with Gasteiger partial charge in [0.05, 0.1) is 12.2 Å². The lowest BCUT2D eigenvalue weighted by atomic mass is 10.2. The average Bonchev–Trinajstić information content (AvgIpc) is 2.65. The van der Waals surface area contributed by atoms with Gasteiger partial charge < -0.3 is 14.8 Å². The van der Waals surface area contributed by atoms with Gasteiger partial charge in [-0.1, -0.05) is 12.1 Å². The highest BCUT2D eigenvalue weighted by Gasteiger charge is 2.08. The molecule has 0 aliphatic rings. The van der Waals surface area contributed by atoms with Crippen molar-refractivity contribution in [2.24, 2.45) is 0 Å². The van der Waals surface area contributed by atoms with Crippen LogP contribution in [0.5, 0.6) is 0 Å². The molecule has 140 valence electrons. The van der Waals surface area contributed by atoms with Crippen LogP contribution in [-0.2, 0) is 19.1 Å². The quantitative estimate of drug-likeness (QED) is 0.597. The Labute approximate surface area is 155 Å². The number of anilines is 1. The van der Waals surface area contributed by atoms with Gasteiger partial charge in [-0.3, -0.25) is 4.79 Å². The number of rotatable bonds is 7. The smallest absolute Gasteiger partial charge is 0.338 e. The molecular formula is C20H18FNO5. The minimum Gasteiger partial charge on any atom is -0.462 e. The molecule has 0 aromatic heterocycles. The minimum absolute atomic E-state index is 0.274. The van der Waals surface area contributed by atoms with Crippen LogP contribution in [0.25, 0.3) is 6.08 Å². The number of benzene rings is 2. The summed E-state index contributed by atoms with van der Waals surface area (Å²) in [7, 11) is 0. The summed E-state index contributed by atoms with van der Waals surface area (Å²) in [6.45, 7) is 1.50. The number of halogens is 1. The molecule has 6 nitrogen and oxygen atoms in total. The lowest BCUT2D eigenvalue weighted by Crippen LogP contribution is -2.20. The van der Waals surface area contributed by atoms with Gasteiger partial charge in [0.15, 0.2) is 6.61 Å². The molecule has 0 aliphatic heterocycles. The van der Waals surface area contributed by atoms with E-state index in [1.165, 1.54) is 48.5 Å². The van der Waals surface area contributed by atoms with Gasteiger partial charge in [0.2, 0.25) is 0 Å². The molecule has 7 heteroatoms. The molecule has 0 unspecified atom stereocenters. The van der Waals surface area contributed by atoms with Crippen molar-refractivity contribution in [2.75, 3.05) is 18.5 Å². The average molecular weight is 371 g/mol. The summed E-state index contributed by atoms with van der Waals surface area (Å²) in [6.07, 6.45) is 2.49. The van der Waals surface area contributed by atoms with Gasteiger partial charge in [0.1, 0.15) is 5.82 Å². The van der Waals surface area contributed by atoms with E-state index in [1.807, 2.05) is 0 Å². The second-order valence-electron chi connectivity index (χ2n) is 5.34. The van der Waals surface area contributed by atoms with Crippen molar-refractivity contribution in [3.63, 3.8) is 0 Å². The maximum atomic E-state index is 13.0. The second-order valence-corrected chi connectivity index (χ2v) is 5.34. The van der Waals surface area contributed by atoms with Crippen molar-refractivity contribution in [3.8, 4) is 0 Å². The molecule has 0 saturated heterocycles. The van der Waals surface area contributed by atoms with Crippen LogP contribution >= 0.6 is 0 Å². The topological polar surface area (TPSA) is 81.7 Å². The third-order valence-corrected chi connectivity index (χ3v) is 3.29. The zero-order valence-corrected chi connectivity index (χ0v) is 14.6. The molecule has 0 spiro atoms. The molecule has 1 N–H and O–H groups in total. The first-order valence-corrected chi connectivity index (χ1v) is 8.15. The maximum Gasteiger partial charge on any atom is 0.338 e. The second kappa shape index (κ2) is 9.86. The van der Waals surface area contributed by atoms with Crippen LogP contribution in [0.15, 0.2) is 54.6 Å². The number of carbonyl (C=O) groups excluding carboxylic acids is 3. The number of hydrogen-bond acceptors (Lipinski definition) is 5. The van der Waals surface area contributed by atoms with E-state index < -0.39 is 30.3 Å². The number of carbonyl (C=O) groups is 3. The molecule has 1 amide bonds. The summed E-state index contributed by atoms with van der Waals surface area (Å²) < 4.78 is 22.7. The van der Waals surface area contributed by atoms with E-state index in [4.69, 9.17) is 9.47 Å².